The van der Waals surface area contributed by atoms with Gasteiger partial charge in [0.05, 0.1) is 5.56 Å². The minimum Gasteiger partial charge on any atom is -0.449 e. The lowest BCUT2D eigenvalue weighted by Gasteiger charge is -2.14. The molecule has 1 aliphatic rings. The molecule has 1 saturated carbocycles. The predicted octanol–water partition coefficient (Wildman–Crippen LogP) is 3.34. The van der Waals surface area contributed by atoms with Crippen LogP contribution in [-0.4, -0.2) is 29.1 Å². The van der Waals surface area contributed by atoms with E-state index in [1.54, 1.807) is 6.92 Å². The monoisotopic (exact) mass is 354 g/mol. The molecule has 1 aromatic heterocycles. The Kier molecular flexibility index (Phi) is 5.45. The molecule has 1 amide bonds. The second kappa shape index (κ2) is 7.77. The van der Waals surface area contributed by atoms with Crippen molar-refractivity contribution in [3.05, 3.63) is 58.9 Å². The Balaban J connectivity index is 1.52. The summed E-state index contributed by atoms with van der Waals surface area (Å²) in [5, 5.41) is 2.83. The van der Waals surface area contributed by atoms with Crippen LogP contribution in [0, 0.1) is 13.8 Å². The van der Waals surface area contributed by atoms with E-state index in [4.69, 9.17) is 4.74 Å². The summed E-state index contributed by atoms with van der Waals surface area (Å²) in [5.74, 6) is -0.707. The van der Waals surface area contributed by atoms with Crippen LogP contribution in [0.2, 0.25) is 0 Å². The molecule has 1 N–H and O–H groups in total. The molecule has 1 heterocycles. The molecule has 0 saturated heterocycles. The van der Waals surface area contributed by atoms with Crippen molar-refractivity contribution in [2.45, 2.75) is 52.2 Å². The number of esters is 1. The topological polar surface area (TPSA) is 60.3 Å². The molecule has 0 aliphatic heterocycles. The largest absolute Gasteiger partial charge is 0.449 e. The fourth-order valence-corrected chi connectivity index (χ4v) is 3.27. The lowest BCUT2D eigenvalue weighted by Crippen LogP contribution is -2.37. The fourth-order valence-electron chi connectivity index (χ4n) is 3.27. The summed E-state index contributed by atoms with van der Waals surface area (Å²) in [4.78, 5) is 24.7. The summed E-state index contributed by atoms with van der Waals surface area (Å²) in [6.45, 7) is 6.06. The van der Waals surface area contributed by atoms with Crippen molar-refractivity contribution in [3.8, 4) is 0 Å². The summed E-state index contributed by atoms with van der Waals surface area (Å²) in [5.41, 5.74) is 3.70. The molecule has 1 atom stereocenters. The third-order valence-electron chi connectivity index (χ3n) is 4.83. The fraction of sp³-hybridized carbons (Fsp3) is 0.429. The molecule has 5 heteroatoms. The van der Waals surface area contributed by atoms with Crippen LogP contribution in [0.3, 0.4) is 0 Å². The number of hydrogen-bond donors (Lipinski definition) is 1. The second-order valence-corrected chi connectivity index (χ2v) is 6.96. The van der Waals surface area contributed by atoms with E-state index in [9.17, 15) is 9.59 Å². The maximum absolute atomic E-state index is 12.5. The molecule has 26 heavy (non-hydrogen) atoms. The summed E-state index contributed by atoms with van der Waals surface area (Å²) >= 11 is 0. The van der Waals surface area contributed by atoms with E-state index >= 15 is 0 Å². The van der Waals surface area contributed by atoms with Crippen LogP contribution in [0.4, 0.5) is 0 Å². The first-order valence-corrected chi connectivity index (χ1v) is 9.18. The van der Waals surface area contributed by atoms with Crippen molar-refractivity contribution >= 4 is 11.9 Å². The number of rotatable bonds is 7. The van der Waals surface area contributed by atoms with Crippen molar-refractivity contribution in [2.75, 3.05) is 6.54 Å². The van der Waals surface area contributed by atoms with Crippen molar-refractivity contribution < 1.29 is 14.3 Å². The Bertz CT molecular complexity index is 791. The molecule has 0 radical (unpaired) electrons. The van der Waals surface area contributed by atoms with Gasteiger partial charge in [-0.2, -0.15) is 0 Å². The minimum atomic E-state index is -0.817. The third-order valence-corrected chi connectivity index (χ3v) is 4.83. The van der Waals surface area contributed by atoms with E-state index in [0.717, 1.165) is 36.2 Å². The zero-order valence-electron chi connectivity index (χ0n) is 15.6. The molecule has 1 fully saturated rings. The number of nitrogens with one attached hydrogen (secondary N) is 1. The molecule has 3 rings (SSSR count). The molecule has 1 aromatic carbocycles. The van der Waals surface area contributed by atoms with Gasteiger partial charge in [-0.1, -0.05) is 30.3 Å². The summed E-state index contributed by atoms with van der Waals surface area (Å²) < 4.78 is 7.58. The summed E-state index contributed by atoms with van der Waals surface area (Å²) in [7, 11) is 0. The number of nitrogens with zero attached hydrogens (tertiary/aromatic N) is 1. The average Bonchev–Trinajstić information content (AvgIpc) is 3.40. The van der Waals surface area contributed by atoms with Crippen LogP contribution in [0.1, 0.15) is 53.1 Å². The Labute approximate surface area is 154 Å². The number of aromatic nitrogens is 1. The first-order chi connectivity index (χ1) is 12.5. The van der Waals surface area contributed by atoms with Gasteiger partial charge in [0, 0.05) is 24.0 Å². The smallest absolute Gasteiger partial charge is 0.340 e. The third kappa shape index (κ3) is 4.15. The summed E-state index contributed by atoms with van der Waals surface area (Å²) in [6.07, 6.45) is 2.24. The number of amides is 1. The molecule has 0 spiro atoms. The predicted molar refractivity (Wildman–Crippen MR) is 100 cm³/mol. The van der Waals surface area contributed by atoms with Gasteiger partial charge in [-0.25, -0.2) is 4.79 Å². The van der Waals surface area contributed by atoms with Crippen LogP contribution >= 0.6 is 0 Å². The van der Waals surface area contributed by atoms with Crippen LogP contribution in [-0.2, 0) is 16.0 Å². The van der Waals surface area contributed by atoms with Gasteiger partial charge in [-0.05, 0) is 51.7 Å². The van der Waals surface area contributed by atoms with Gasteiger partial charge in [-0.15, -0.1) is 0 Å². The number of carbonyl (C=O) groups is 2. The lowest BCUT2D eigenvalue weighted by molar-refractivity contribution is -0.129. The molecular weight excluding hydrogens is 328 g/mol. The highest BCUT2D eigenvalue weighted by molar-refractivity contribution is 5.93. The zero-order chi connectivity index (χ0) is 18.7. The zero-order valence-corrected chi connectivity index (χ0v) is 15.6. The molecule has 0 bridgehead atoms. The Morgan fingerprint density at radius 1 is 1.23 bits per heavy atom. The van der Waals surface area contributed by atoms with Gasteiger partial charge in [0.1, 0.15) is 0 Å². The number of aryl methyl sites for hydroxylation is 1. The number of ether oxygens (including phenoxy) is 1. The normalized spacial score (nSPS) is 14.7. The Morgan fingerprint density at radius 3 is 2.58 bits per heavy atom. The standard InChI is InChI=1S/C21H26N2O3/c1-14-13-19(15(2)23(14)18-9-10-18)21(25)26-16(3)20(24)22-12-11-17-7-5-4-6-8-17/h4-8,13,16,18H,9-12H2,1-3H3,(H,22,24). The first kappa shape index (κ1) is 18.2. The molecule has 1 unspecified atom stereocenters. The van der Waals surface area contributed by atoms with Crippen molar-refractivity contribution in [1.29, 1.82) is 0 Å². The van der Waals surface area contributed by atoms with E-state index in [2.05, 4.69) is 9.88 Å². The number of carbonyl (C=O) groups excluding carboxylic acids is 2. The van der Waals surface area contributed by atoms with Crippen LogP contribution in [0.25, 0.3) is 0 Å². The number of hydrogen-bond acceptors (Lipinski definition) is 3. The highest BCUT2D eigenvalue weighted by atomic mass is 16.5. The van der Waals surface area contributed by atoms with Crippen LogP contribution < -0.4 is 5.32 Å². The molecule has 2 aromatic rings. The van der Waals surface area contributed by atoms with Crippen molar-refractivity contribution in [2.24, 2.45) is 0 Å². The van der Waals surface area contributed by atoms with Gasteiger partial charge in [-0.3, -0.25) is 4.79 Å². The van der Waals surface area contributed by atoms with Gasteiger partial charge < -0.3 is 14.6 Å². The van der Waals surface area contributed by atoms with E-state index in [1.165, 1.54) is 0 Å². The Morgan fingerprint density at radius 2 is 1.92 bits per heavy atom. The first-order valence-electron chi connectivity index (χ1n) is 9.18. The maximum atomic E-state index is 12.5. The second-order valence-electron chi connectivity index (χ2n) is 6.96. The molecule has 1 aliphatic carbocycles. The average molecular weight is 354 g/mol. The molecular formula is C21H26N2O3. The Hall–Kier alpha value is -2.56. The highest BCUT2D eigenvalue weighted by Crippen LogP contribution is 2.38. The van der Waals surface area contributed by atoms with Crippen molar-refractivity contribution in [3.63, 3.8) is 0 Å². The van der Waals surface area contributed by atoms with E-state index in [0.29, 0.717) is 18.2 Å². The van der Waals surface area contributed by atoms with E-state index < -0.39 is 12.1 Å². The van der Waals surface area contributed by atoms with Crippen LogP contribution in [0.5, 0.6) is 0 Å². The van der Waals surface area contributed by atoms with Gasteiger partial charge >= 0.3 is 5.97 Å². The molecule has 138 valence electrons. The summed E-state index contributed by atoms with van der Waals surface area (Å²) in [6, 6.07) is 12.3. The van der Waals surface area contributed by atoms with Gasteiger partial charge in [0.15, 0.2) is 6.10 Å². The van der Waals surface area contributed by atoms with Crippen LogP contribution in [0.15, 0.2) is 36.4 Å². The SMILES string of the molecule is Cc1cc(C(=O)OC(C)C(=O)NCCc2ccccc2)c(C)n1C1CC1. The van der Waals surface area contributed by atoms with E-state index in [1.807, 2.05) is 50.2 Å². The maximum Gasteiger partial charge on any atom is 0.340 e. The van der Waals surface area contributed by atoms with E-state index in [-0.39, 0.29) is 5.91 Å². The minimum absolute atomic E-state index is 0.273. The van der Waals surface area contributed by atoms with Gasteiger partial charge in [0.2, 0.25) is 0 Å². The number of benzene rings is 1. The molecule has 5 nitrogen and oxygen atoms in total. The highest BCUT2D eigenvalue weighted by Gasteiger charge is 2.29. The van der Waals surface area contributed by atoms with Crippen molar-refractivity contribution in [1.82, 2.24) is 9.88 Å². The lowest BCUT2D eigenvalue weighted by atomic mass is 10.1. The quantitative estimate of drug-likeness (QED) is 0.776. The van der Waals surface area contributed by atoms with Gasteiger partial charge in [0.25, 0.3) is 5.91 Å².